The smallest absolute Gasteiger partial charge is 0.130 e. The Morgan fingerprint density at radius 1 is 1.28 bits per heavy atom. The van der Waals surface area contributed by atoms with Gasteiger partial charge in [-0.25, -0.2) is 0 Å². The van der Waals surface area contributed by atoms with Crippen LogP contribution in [0.2, 0.25) is 0 Å². The summed E-state index contributed by atoms with van der Waals surface area (Å²) in [6.07, 6.45) is 6.21. The van der Waals surface area contributed by atoms with Crippen LogP contribution in [0.4, 0.5) is 0 Å². The zero-order chi connectivity index (χ0) is 13.4. The first-order chi connectivity index (χ1) is 8.65. The van der Waals surface area contributed by atoms with Crippen molar-refractivity contribution in [2.45, 2.75) is 52.1 Å². The molecule has 1 rings (SSSR count). The van der Waals surface area contributed by atoms with Crippen molar-refractivity contribution in [3.63, 3.8) is 0 Å². The Bertz CT molecular complexity index is 377. The highest BCUT2D eigenvalue weighted by Crippen LogP contribution is 2.20. The maximum Gasteiger partial charge on any atom is 0.130 e. The van der Waals surface area contributed by atoms with E-state index >= 15 is 0 Å². The molecule has 100 valence electrons. The van der Waals surface area contributed by atoms with Gasteiger partial charge in [0.25, 0.3) is 0 Å². The van der Waals surface area contributed by atoms with Gasteiger partial charge in [-0.05, 0) is 31.9 Å². The first kappa shape index (κ1) is 14.6. The van der Waals surface area contributed by atoms with E-state index in [9.17, 15) is 0 Å². The Morgan fingerprint density at radius 3 is 2.67 bits per heavy atom. The molecule has 0 aliphatic heterocycles. The number of unbranched alkanes of at least 4 members (excludes halogenated alkanes) is 3. The number of nitrogens with two attached hydrogens (primary N) is 1. The third-order valence-electron chi connectivity index (χ3n) is 2.97. The maximum atomic E-state index is 7.51. The number of nitrogens with one attached hydrogen (secondary N) is 1. The molecule has 0 spiro atoms. The van der Waals surface area contributed by atoms with Crippen molar-refractivity contribution in [3.05, 3.63) is 29.8 Å². The average molecular weight is 248 g/mol. The van der Waals surface area contributed by atoms with Gasteiger partial charge >= 0.3 is 0 Å². The molecular weight excluding hydrogens is 224 g/mol. The number of amidine groups is 1. The number of rotatable bonds is 8. The van der Waals surface area contributed by atoms with E-state index in [1.54, 1.807) is 0 Å². The minimum absolute atomic E-state index is 0.0591. The molecule has 3 N–H and O–H groups in total. The molecule has 0 aliphatic rings. The van der Waals surface area contributed by atoms with Gasteiger partial charge in [-0.2, -0.15) is 0 Å². The lowest BCUT2D eigenvalue weighted by atomic mass is 10.1. The van der Waals surface area contributed by atoms with Crippen LogP contribution in [-0.4, -0.2) is 11.9 Å². The van der Waals surface area contributed by atoms with Crippen LogP contribution in [0, 0.1) is 5.41 Å². The van der Waals surface area contributed by atoms with Gasteiger partial charge < -0.3 is 10.5 Å². The van der Waals surface area contributed by atoms with Gasteiger partial charge in [0.1, 0.15) is 11.6 Å². The van der Waals surface area contributed by atoms with Gasteiger partial charge in [0.2, 0.25) is 0 Å². The Kier molecular flexibility index (Phi) is 6.26. The maximum absolute atomic E-state index is 7.51. The van der Waals surface area contributed by atoms with Crippen LogP contribution < -0.4 is 10.5 Å². The molecule has 1 aromatic rings. The van der Waals surface area contributed by atoms with Crippen molar-refractivity contribution in [1.82, 2.24) is 0 Å². The quantitative estimate of drug-likeness (QED) is 0.418. The molecule has 0 bridgehead atoms. The Labute approximate surface area is 110 Å². The molecule has 0 saturated heterocycles. The summed E-state index contributed by atoms with van der Waals surface area (Å²) in [6, 6.07) is 7.47. The summed E-state index contributed by atoms with van der Waals surface area (Å²) in [6.45, 7) is 4.28. The van der Waals surface area contributed by atoms with Crippen molar-refractivity contribution >= 4 is 5.84 Å². The van der Waals surface area contributed by atoms with Crippen LogP contribution in [0.1, 0.15) is 51.5 Å². The van der Waals surface area contributed by atoms with E-state index in [0.717, 1.165) is 6.42 Å². The van der Waals surface area contributed by atoms with E-state index in [0.29, 0.717) is 11.3 Å². The van der Waals surface area contributed by atoms with Crippen LogP contribution in [0.3, 0.4) is 0 Å². The van der Waals surface area contributed by atoms with E-state index in [1.165, 1.54) is 25.7 Å². The summed E-state index contributed by atoms with van der Waals surface area (Å²) in [7, 11) is 0. The SMILES string of the molecule is CCCCCCC(C)Oc1ccccc1C(=N)N. The number of nitrogen functional groups attached to an aromatic ring is 1. The fourth-order valence-electron chi connectivity index (χ4n) is 1.93. The van der Waals surface area contributed by atoms with Crippen molar-refractivity contribution in [3.8, 4) is 5.75 Å². The van der Waals surface area contributed by atoms with Gasteiger partial charge in [0, 0.05) is 0 Å². The summed E-state index contributed by atoms with van der Waals surface area (Å²) in [4.78, 5) is 0. The monoisotopic (exact) mass is 248 g/mol. The van der Waals surface area contributed by atoms with E-state index in [-0.39, 0.29) is 11.9 Å². The minimum atomic E-state index is 0.0591. The lowest BCUT2D eigenvalue weighted by molar-refractivity contribution is 0.206. The molecule has 0 aromatic heterocycles. The highest BCUT2D eigenvalue weighted by molar-refractivity contribution is 5.97. The predicted molar refractivity (Wildman–Crippen MR) is 76.3 cm³/mol. The molecule has 0 saturated carbocycles. The second-order valence-corrected chi connectivity index (χ2v) is 4.69. The molecule has 3 heteroatoms. The molecule has 0 fully saturated rings. The fraction of sp³-hybridized carbons (Fsp3) is 0.533. The lowest BCUT2D eigenvalue weighted by Gasteiger charge is -2.16. The van der Waals surface area contributed by atoms with E-state index in [2.05, 4.69) is 13.8 Å². The average Bonchev–Trinajstić information content (AvgIpc) is 2.35. The van der Waals surface area contributed by atoms with Crippen LogP contribution >= 0.6 is 0 Å². The van der Waals surface area contributed by atoms with Crippen molar-refractivity contribution < 1.29 is 4.74 Å². The van der Waals surface area contributed by atoms with Gasteiger partial charge in [-0.3, -0.25) is 5.41 Å². The highest BCUT2D eigenvalue weighted by Gasteiger charge is 2.09. The summed E-state index contributed by atoms with van der Waals surface area (Å²) >= 11 is 0. The molecule has 0 aliphatic carbocycles. The zero-order valence-electron chi connectivity index (χ0n) is 11.4. The summed E-state index contributed by atoms with van der Waals surface area (Å²) in [5.41, 5.74) is 6.21. The van der Waals surface area contributed by atoms with Gasteiger partial charge in [0.15, 0.2) is 0 Å². The van der Waals surface area contributed by atoms with E-state index in [4.69, 9.17) is 15.9 Å². The largest absolute Gasteiger partial charge is 0.490 e. The van der Waals surface area contributed by atoms with E-state index in [1.807, 2.05) is 24.3 Å². The summed E-state index contributed by atoms with van der Waals surface area (Å²) in [5.74, 6) is 0.775. The summed E-state index contributed by atoms with van der Waals surface area (Å²) < 4.78 is 5.87. The fourth-order valence-corrected chi connectivity index (χ4v) is 1.93. The zero-order valence-corrected chi connectivity index (χ0v) is 11.4. The van der Waals surface area contributed by atoms with Crippen molar-refractivity contribution in [2.75, 3.05) is 0 Å². The third-order valence-corrected chi connectivity index (χ3v) is 2.97. The second-order valence-electron chi connectivity index (χ2n) is 4.69. The normalized spacial score (nSPS) is 12.1. The number of hydrogen-bond acceptors (Lipinski definition) is 2. The standard InChI is InChI=1S/C15H24N2O/c1-3-4-5-6-9-12(2)18-14-11-8-7-10-13(14)15(16)17/h7-8,10-12H,3-6,9H2,1-2H3,(H3,16,17). The molecule has 0 heterocycles. The van der Waals surface area contributed by atoms with Gasteiger partial charge in [-0.1, -0.05) is 38.3 Å². The highest BCUT2D eigenvalue weighted by atomic mass is 16.5. The third kappa shape index (κ3) is 4.78. The Morgan fingerprint density at radius 2 is 2.00 bits per heavy atom. The van der Waals surface area contributed by atoms with Crippen LogP contribution in [0.5, 0.6) is 5.75 Å². The molecule has 1 atom stereocenters. The Hall–Kier alpha value is -1.51. The van der Waals surface area contributed by atoms with Crippen molar-refractivity contribution in [2.24, 2.45) is 5.73 Å². The minimum Gasteiger partial charge on any atom is -0.490 e. The molecular formula is C15H24N2O. The van der Waals surface area contributed by atoms with Crippen LogP contribution in [0.15, 0.2) is 24.3 Å². The number of para-hydroxylation sites is 1. The first-order valence-electron chi connectivity index (χ1n) is 6.75. The van der Waals surface area contributed by atoms with E-state index < -0.39 is 0 Å². The molecule has 0 radical (unpaired) electrons. The summed E-state index contributed by atoms with van der Waals surface area (Å²) in [5, 5.41) is 7.51. The number of benzene rings is 1. The van der Waals surface area contributed by atoms with Gasteiger partial charge in [-0.15, -0.1) is 0 Å². The molecule has 18 heavy (non-hydrogen) atoms. The molecule has 1 aromatic carbocycles. The number of hydrogen-bond donors (Lipinski definition) is 2. The Balaban J connectivity index is 2.48. The first-order valence-corrected chi connectivity index (χ1v) is 6.75. The van der Waals surface area contributed by atoms with Gasteiger partial charge in [0.05, 0.1) is 11.7 Å². The number of ether oxygens (including phenoxy) is 1. The lowest BCUT2D eigenvalue weighted by Crippen LogP contribution is -2.17. The van der Waals surface area contributed by atoms with Crippen LogP contribution in [0.25, 0.3) is 0 Å². The van der Waals surface area contributed by atoms with Crippen LogP contribution in [-0.2, 0) is 0 Å². The topological polar surface area (TPSA) is 59.1 Å². The second kappa shape index (κ2) is 7.75. The molecule has 0 amide bonds. The molecule has 1 unspecified atom stereocenters. The predicted octanol–water partition coefficient (Wildman–Crippen LogP) is 3.71. The van der Waals surface area contributed by atoms with Crippen molar-refractivity contribution in [1.29, 1.82) is 5.41 Å². The molecule has 3 nitrogen and oxygen atoms in total.